The average Bonchev–Trinajstić information content (AvgIpc) is 2.36. The Hall–Kier alpha value is -2.04. The highest BCUT2D eigenvalue weighted by Gasteiger charge is 2.22. The van der Waals surface area contributed by atoms with Crippen LogP contribution in [0.15, 0.2) is 21.3 Å². The van der Waals surface area contributed by atoms with Crippen molar-refractivity contribution in [3.8, 4) is 11.5 Å². The molecule has 0 N–H and O–H groups in total. The number of fused-ring (bicyclic) bond motifs is 1. The lowest BCUT2D eigenvalue weighted by Gasteiger charge is -2.16. The van der Waals surface area contributed by atoms with Gasteiger partial charge in [-0.1, -0.05) is 20.8 Å². The van der Waals surface area contributed by atoms with E-state index in [1.807, 2.05) is 20.8 Å². The third-order valence-corrected chi connectivity index (χ3v) is 2.77. The quantitative estimate of drug-likeness (QED) is 0.833. The molecule has 2 rings (SSSR count). The fraction of sp³-hybridized carbons (Fsp3) is 0.429. The second-order valence-corrected chi connectivity index (χ2v) is 5.25. The molecule has 0 radical (unpaired) electrons. The highest BCUT2D eigenvalue weighted by molar-refractivity contribution is 5.85. The molecule has 19 heavy (non-hydrogen) atoms. The minimum absolute atomic E-state index is 0.301. The number of benzene rings is 1. The second-order valence-electron chi connectivity index (χ2n) is 5.25. The SMILES string of the molecule is COc1ccc2oc(C(C)(C)C)nc(=O)c2c1OC. The molecule has 5 nitrogen and oxygen atoms in total. The van der Waals surface area contributed by atoms with E-state index >= 15 is 0 Å². The Bertz CT molecular complexity index is 667. The molecule has 1 aromatic carbocycles. The van der Waals surface area contributed by atoms with Crippen LogP contribution in [0.1, 0.15) is 26.7 Å². The number of ether oxygens (including phenoxy) is 2. The molecule has 102 valence electrons. The largest absolute Gasteiger partial charge is 0.493 e. The van der Waals surface area contributed by atoms with Crippen LogP contribution in [-0.2, 0) is 5.41 Å². The van der Waals surface area contributed by atoms with E-state index < -0.39 is 0 Å². The monoisotopic (exact) mass is 263 g/mol. The van der Waals surface area contributed by atoms with Crippen molar-refractivity contribution in [2.45, 2.75) is 26.2 Å². The van der Waals surface area contributed by atoms with Gasteiger partial charge >= 0.3 is 0 Å². The van der Waals surface area contributed by atoms with Crippen molar-refractivity contribution in [1.82, 2.24) is 4.98 Å². The summed E-state index contributed by atoms with van der Waals surface area (Å²) in [7, 11) is 3.00. The summed E-state index contributed by atoms with van der Waals surface area (Å²) in [6, 6.07) is 3.39. The summed E-state index contributed by atoms with van der Waals surface area (Å²) in [5.41, 5.74) is -0.259. The van der Waals surface area contributed by atoms with Crippen LogP contribution in [0.4, 0.5) is 0 Å². The topological polar surface area (TPSA) is 61.6 Å². The Balaban J connectivity index is 2.84. The number of hydrogen-bond acceptors (Lipinski definition) is 5. The van der Waals surface area contributed by atoms with Crippen LogP contribution in [0.5, 0.6) is 11.5 Å². The van der Waals surface area contributed by atoms with Gasteiger partial charge in [0.1, 0.15) is 11.0 Å². The number of hydrogen-bond donors (Lipinski definition) is 0. The lowest BCUT2D eigenvalue weighted by atomic mass is 9.97. The first-order valence-electron chi connectivity index (χ1n) is 5.95. The summed E-state index contributed by atoms with van der Waals surface area (Å²) in [5.74, 6) is 1.23. The van der Waals surface area contributed by atoms with Gasteiger partial charge in [-0.15, -0.1) is 0 Å². The molecule has 0 bridgehead atoms. The molecular weight excluding hydrogens is 246 g/mol. The molecule has 0 aliphatic carbocycles. The zero-order valence-corrected chi connectivity index (χ0v) is 11.7. The van der Waals surface area contributed by atoms with Crippen LogP contribution in [0.25, 0.3) is 11.0 Å². The molecule has 0 saturated carbocycles. The molecular formula is C14H17NO4. The standard InChI is InChI=1S/C14H17NO4/c1-14(2,3)13-15-12(16)10-8(19-13)6-7-9(17-4)11(10)18-5/h6-7H,1-5H3. The van der Waals surface area contributed by atoms with Gasteiger partial charge in [-0.25, -0.2) is 0 Å². The van der Waals surface area contributed by atoms with Crippen molar-refractivity contribution >= 4 is 11.0 Å². The number of rotatable bonds is 2. The van der Waals surface area contributed by atoms with E-state index in [9.17, 15) is 4.79 Å². The molecule has 0 saturated heterocycles. The molecule has 0 amide bonds. The Labute approximate surface area is 111 Å². The Kier molecular flexibility index (Phi) is 3.22. The lowest BCUT2D eigenvalue weighted by molar-refractivity contribution is 0.355. The normalized spacial score (nSPS) is 11.6. The van der Waals surface area contributed by atoms with Crippen LogP contribution in [-0.4, -0.2) is 19.2 Å². The first-order chi connectivity index (χ1) is 8.88. The van der Waals surface area contributed by atoms with Crippen molar-refractivity contribution in [2.75, 3.05) is 14.2 Å². The average molecular weight is 263 g/mol. The van der Waals surface area contributed by atoms with E-state index in [1.54, 1.807) is 12.1 Å². The lowest BCUT2D eigenvalue weighted by Crippen LogP contribution is -2.20. The van der Waals surface area contributed by atoms with Crippen LogP contribution in [0, 0.1) is 0 Å². The van der Waals surface area contributed by atoms with Crippen LogP contribution in [0.2, 0.25) is 0 Å². The summed E-state index contributed by atoms with van der Waals surface area (Å²) in [4.78, 5) is 16.2. The van der Waals surface area contributed by atoms with Crippen LogP contribution < -0.4 is 15.0 Å². The van der Waals surface area contributed by atoms with Crippen LogP contribution >= 0.6 is 0 Å². The van der Waals surface area contributed by atoms with Crippen molar-refractivity contribution in [1.29, 1.82) is 0 Å². The second kappa shape index (κ2) is 4.57. The van der Waals surface area contributed by atoms with Crippen molar-refractivity contribution in [2.24, 2.45) is 0 Å². The summed E-state index contributed by atoms with van der Waals surface area (Å²) >= 11 is 0. The molecule has 0 aliphatic heterocycles. The van der Waals surface area contributed by atoms with Gasteiger partial charge in [0.2, 0.25) is 5.89 Å². The van der Waals surface area contributed by atoms with E-state index in [4.69, 9.17) is 13.9 Å². The minimum Gasteiger partial charge on any atom is -0.493 e. The zero-order chi connectivity index (χ0) is 14.2. The predicted octanol–water partition coefficient (Wildman–Crippen LogP) is 2.50. The first kappa shape index (κ1) is 13.4. The first-order valence-corrected chi connectivity index (χ1v) is 5.95. The molecule has 5 heteroatoms. The van der Waals surface area contributed by atoms with Gasteiger partial charge in [0.15, 0.2) is 11.5 Å². The molecule has 0 atom stereocenters. The van der Waals surface area contributed by atoms with E-state index in [-0.39, 0.29) is 11.0 Å². The Morgan fingerprint density at radius 1 is 1.16 bits per heavy atom. The highest BCUT2D eigenvalue weighted by atomic mass is 16.5. The van der Waals surface area contributed by atoms with Gasteiger partial charge in [-0.2, -0.15) is 4.98 Å². The molecule has 1 heterocycles. The fourth-order valence-corrected chi connectivity index (χ4v) is 1.79. The van der Waals surface area contributed by atoms with E-state index in [0.29, 0.717) is 28.4 Å². The fourth-order valence-electron chi connectivity index (χ4n) is 1.79. The van der Waals surface area contributed by atoms with Gasteiger partial charge in [-0.3, -0.25) is 4.79 Å². The highest BCUT2D eigenvalue weighted by Crippen LogP contribution is 2.34. The summed E-state index contributed by atoms with van der Waals surface area (Å²) < 4.78 is 16.1. The van der Waals surface area contributed by atoms with Gasteiger partial charge in [0, 0.05) is 5.41 Å². The maximum Gasteiger partial charge on any atom is 0.287 e. The summed E-state index contributed by atoms with van der Waals surface area (Å²) in [6.45, 7) is 5.81. The Morgan fingerprint density at radius 3 is 2.37 bits per heavy atom. The summed E-state index contributed by atoms with van der Waals surface area (Å²) in [5, 5.41) is 0.301. The molecule has 0 fully saturated rings. The molecule has 1 aromatic heterocycles. The van der Waals surface area contributed by atoms with E-state index in [1.165, 1.54) is 14.2 Å². The molecule has 0 aliphatic rings. The van der Waals surface area contributed by atoms with Crippen molar-refractivity contribution < 1.29 is 13.9 Å². The third kappa shape index (κ3) is 2.28. The third-order valence-electron chi connectivity index (χ3n) is 2.77. The molecule has 0 spiro atoms. The van der Waals surface area contributed by atoms with Crippen molar-refractivity contribution in [3.63, 3.8) is 0 Å². The van der Waals surface area contributed by atoms with E-state index in [2.05, 4.69) is 4.98 Å². The molecule has 2 aromatic rings. The Morgan fingerprint density at radius 2 is 1.84 bits per heavy atom. The smallest absolute Gasteiger partial charge is 0.287 e. The van der Waals surface area contributed by atoms with Crippen LogP contribution in [0.3, 0.4) is 0 Å². The van der Waals surface area contributed by atoms with Gasteiger partial charge in [-0.05, 0) is 12.1 Å². The number of aromatic nitrogens is 1. The van der Waals surface area contributed by atoms with Gasteiger partial charge in [0.05, 0.1) is 14.2 Å². The summed E-state index contributed by atoms with van der Waals surface area (Å²) in [6.07, 6.45) is 0. The van der Waals surface area contributed by atoms with Crippen molar-refractivity contribution in [3.05, 3.63) is 28.4 Å². The van der Waals surface area contributed by atoms with Gasteiger partial charge < -0.3 is 13.9 Å². The maximum absolute atomic E-state index is 12.2. The minimum atomic E-state index is -0.373. The van der Waals surface area contributed by atoms with E-state index in [0.717, 1.165) is 0 Å². The predicted molar refractivity (Wildman–Crippen MR) is 72.1 cm³/mol. The number of methoxy groups -OCH3 is 2. The molecule has 0 unspecified atom stereocenters. The zero-order valence-electron chi connectivity index (χ0n) is 11.7. The number of nitrogens with zero attached hydrogens (tertiary/aromatic N) is 1. The van der Waals surface area contributed by atoms with Gasteiger partial charge in [0.25, 0.3) is 5.56 Å². The maximum atomic E-state index is 12.2.